The van der Waals surface area contributed by atoms with Crippen LogP contribution in [0.15, 0.2) is 17.3 Å². The number of hydrogen-bond donors (Lipinski definition) is 0. The molecule has 0 saturated heterocycles. The first-order valence-electron chi connectivity index (χ1n) is 2.85. The predicted molar refractivity (Wildman–Crippen MR) is 35.0 cm³/mol. The van der Waals surface area contributed by atoms with Crippen LogP contribution in [-0.2, 0) is 18.4 Å². The van der Waals surface area contributed by atoms with E-state index >= 15 is 0 Å². The van der Waals surface area contributed by atoms with Gasteiger partial charge in [-0.25, -0.2) is 4.79 Å². The highest BCUT2D eigenvalue weighted by Gasteiger charge is 1.91. The number of isocyanates is 1. The molecule has 4 nitrogen and oxygen atoms in total. The molecule has 0 N–H and O–H groups in total. The summed E-state index contributed by atoms with van der Waals surface area (Å²) in [5.74, 6) is 0. The number of rotatable bonds is 2. The van der Waals surface area contributed by atoms with Gasteiger partial charge in [0.05, 0.1) is 12.2 Å². The summed E-state index contributed by atoms with van der Waals surface area (Å²) in [5, 5.41) is 3.99. The number of aliphatic imine (C=N–C) groups is 1. The lowest BCUT2D eigenvalue weighted by molar-refractivity contribution is 0.562. The maximum absolute atomic E-state index is 9.66. The monoisotopic (exact) mass is 137 g/mol. The Morgan fingerprint density at radius 1 is 1.90 bits per heavy atom. The van der Waals surface area contributed by atoms with E-state index in [2.05, 4.69) is 10.1 Å². The molecule has 0 amide bonds. The standard InChI is InChI=1S/C6H7N3O/c1-9-3-2-6(8-9)4-7-5-10/h2-3H,4H2,1H3. The Labute approximate surface area is 58.2 Å². The third-order valence-electron chi connectivity index (χ3n) is 1.07. The minimum absolute atomic E-state index is 0.324. The van der Waals surface area contributed by atoms with Crippen LogP contribution in [-0.4, -0.2) is 15.9 Å². The van der Waals surface area contributed by atoms with Crippen LogP contribution in [0.4, 0.5) is 0 Å². The van der Waals surface area contributed by atoms with Gasteiger partial charge in [0.1, 0.15) is 0 Å². The molecule has 0 atom stereocenters. The maximum Gasteiger partial charge on any atom is 0.235 e. The van der Waals surface area contributed by atoms with Crippen LogP contribution in [0.3, 0.4) is 0 Å². The Morgan fingerprint density at radius 3 is 3.20 bits per heavy atom. The van der Waals surface area contributed by atoms with Crippen molar-refractivity contribution < 1.29 is 4.79 Å². The van der Waals surface area contributed by atoms with E-state index in [1.165, 1.54) is 6.08 Å². The van der Waals surface area contributed by atoms with Gasteiger partial charge in [0.15, 0.2) is 0 Å². The third kappa shape index (κ3) is 1.53. The summed E-state index contributed by atoms with van der Waals surface area (Å²) in [6, 6.07) is 1.81. The molecule has 1 rings (SSSR count). The van der Waals surface area contributed by atoms with E-state index in [0.717, 1.165) is 5.69 Å². The van der Waals surface area contributed by atoms with Gasteiger partial charge in [-0.15, -0.1) is 0 Å². The molecule has 0 aliphatic carbocycles. The largest absolute Gasteiger partial charge is 0.275 e. The summed E-state index contributed by atoms with van der Waals surface area (Å²) in [4.78, 5) is 13.0. The SMILES string of the molecule is Cn1ccc(CN=C=O)n1. The topological polar surface area (TPSA) is 47.2 Å². The molecule has 1 heterocycles. The van der Waals surface area contributed by atoms with Crippen molar-refractivity contribution in [1.82, 2.24) is 9.78 Å². The van der Waals surface area contributed by atoms with Gasteiger partial charge in [0.2, 0.25) is 6.08 Å². The summed E-state index contributed by atoms with van der Waals surface area (Å²) in [6.45, 7) is 0.324. The van der Waals surface area contributed by atoms with Crippen LogP contribution >= 0.6 is 0 Å². The van der Waals surface area contributed by atoms with Crippen LogP contribution < -0.4 is 0 Å². The average Bonchev–Trinajstić information content (AvgIpc) is 2.31. The Kier molecular flexibility index (Phi) is 1.97. The second-order valence-electron chi connectivity index (χ2n) is 1.89. The van der Waals surface area contributed by atoms with E-state index in [4.69, 9.17) is 0 Å². The van der Waals surface area contributed by atoms with Crippen molar-refractivity contribution >= 4 is 6.08 Å². The molecule has 52 valence electrons. The minimum atomic E-state index is 0.324. The molecule has 0 unspecified atom stereocenters. The smallest absolute Gasteiger partial charge is 0.235 e. The van der Waals surface area contributed by atoms with E-state index in [1.54, 1.807) is 16.9 Å². The van der Waals surface area contributed by atoms with Crippen molar-refractivity contribution in [3.63, 3.8) is 0 Å². The van der Waals surface area contributed by atoms with Crippen molar-refractivity contribution in [3.05, 3.63) is 18.0 Å². The lowest BCUT2D eigenvalue weighted by Gasteiger charge is -1.84. The van der Waals surface area contributed by atoms with E-state index in [1.807, 2.05) is 7.05 Å². The first kappa shape index (κ1) is 6.71. The molecule has 0 fully saturated rings. The van der Waals surface area contributed by atoms with E-state index < -0.39 is 0 Å². The predicted octanol–water partition coefficient (Wildman–Crippen LogP) is 0.256. The Morgan fingerprint density at radius 2 is 2.70 bits per heavy atom. The van der Waals surface area contributed by atoms with Crippen molar-refractivity contribution in [3.8, 4) is 0 Å². The molecule has 1 aromatic rings. The molecule has 0 radical (unpaired) electrons. The van der Waals surface area contributed by atoms with E-state index in [0.29, 0.717) is 6.54 Å². The molecule has 10 heavy (non-hydrogen) atoms. The molecule has 0 aliphatic rings. The zero-order valence-corrected chi connectivity index (χ0v) is 5.61. The molecule has 0 aromatic carbocycles. The Balaban J connectivity index is 2.66. The van der Waals surface area contributed by atoms with Crippen molar-refractivity contribution in [1.29, 1.82) is 0 Å². The summed E-state index contributed by atoms with van der Waals surface area (Å²) in [7, 11) is 1.81. The quantitative estimate of drug-likeness (QED) is 0.433. The molecule has 0 saturated carbocycles. The highest BCUT2D eigenvalue weighted by atomic mass is 16.1. The van der Waals surface area contributed by atoms with Crippen LogP contribution in [0.25, 0.3) is 0 Å². The van der Waals surface area contributed by atoms with Gasteiger partial charge in [0.25, 0.3) is 0 Å². The highest BCUT2D eigenvalue weighted by Crippen LogP contribution is 1.94. The van der Waals surface area contributed by atoms with Crippen molar-refractivity contribution in [2.45, 2.75) is 6.54 Å². The van der Waals surface area contributed by atoms with Gasteiger partial charge >= 0.3 is 0 Å². The third-order valence-corrected chi connectivity index (χ3v) is 1.07. The van der Waals surface area contributed by atoms with Crippen LogP contribution in [0.1, 0.15) is 5.69 Å². The summed E-state index contributed by atoms with van der Waals surface area (Å²) >= 11 is 0. The molecule has 1 aromatic heterocycles. The van der Waals surface area contributed by atoms with Gasteiger partial charge in [-0.1, -0.05) is 0 Å². The fourth-order valence-electron chi connectivity index (χ4n) is 0.661. The zero-order chi connectivity index (χ0) is 7.40. The maximum atomic E-state index is 9.66. The lowest BCUT2D eigenvalue weighted by Crippen LogP contribution is -1.89. The lowest BCUT2D eigenvalue weighted by atomic mass is 10.4. The molecular weight excluding hydrogens is 130 g/mol. The molecule has 0 spiro atoms. The number of aryl methyl sites for hydroxylation is 1. The van der Waals surface area contributed by atoms with Crippen LogP contribution in [0.2, 0.25) is 0 Å². The first-order chi connectivity index (χ1) is 4.83. The van der Waals surface area contributed by atoms with Gasteiger partial charge in [-0.05, 0) is 6.07 Å². The van der Waals surface area contributed by atoms with Gasteiger partial charge < -0.3 is 0 Å². The van der Waals surface area contributed by atoms with Crippen LogP contribution in [0, 0.1) is 0 Å². The summed E-state index contributed by atoms with van der Waals surface area (Å²) < 4.78 is 1.66. The second kappa shape index (κ2) is 2.94. The Hall–Kier alpha value is -1.41. The molecule has 4 heteroatoms. The zero-order valence-electron chi connectivity index (χ0n) is 5.61. The minimum Gasteiger partial charge on any atom is -0.275 e. The summed E-state index contributed by atoms with van der Waals surface area (Å²) in [5.41, 5.74) is 0.783. The molecule has 0 aliphatic heterocycles. The fraction of sp³-hybridized carbons (Fsp3) is 0.333. The van der Waals surface area contributed by atoms with E-state index in [9.17, 15) is 4.79 Å². The highest BCUT2D eigenvalue weighted by molar-refractivity contribution is 5.33. The van der Waals surface area contributed by atoms with E-state index in [-0.39, 0.29) is 0 Å². The number of aromatic nitrogens is 2. The molecule has 0 bridgehead atoms. The normalized spacial score (nSPS) is 8.90. The fourth-order valence-corrected chi connectivity index (χ4v) is 0.661. The summed E-state index contributed by atoms with van der Waals surface area (Å²) in [6.07, 6.45) is 3.25. The number of hydrogen-bond acceptors (Lipinski definition) is 3. The first-order valence-corrected chi connectivity index (χ1v) is 2.85. The van der Waals surface area contributed by atoms with Crippen molar-refractivity contribution in [2.24, 2.45) is 12.0 Å². The molecular formula is C6H7N3O. The van der Waals surface area contributed by atoms with Gasteiger partial charge in [-0.3, -0.25) is 4.68 Å². The number of carbonyl (C=O) groups excluding carboxylic acids is 1. The van der Waals surface area contributed by atoms with Gasteiger partial charge in [0, 0.05) is 13.2 Å². The Bertz CT molecular complexity index is 260. The van der Waals surface area contributed by atoms with Crippen LogP contribution in [0.5, 0.6) is 0 Å². The second-order valence-corrected chi connectivity index (χ2v) is 1.89. The number of nitrogens with zero attached hydrogens (tertiary/aromatic N) is 3. The average molecular weight is 137 g/mol. The van der Waals surface area contributed by atoms with Gasteiger partial charge in [-0.2, -0.15) is 10.1 Å². The van der Waals surface area contributed by atoms with Crippen molar-refractivity contribution in [2.75, 3.05) is 0 Å².